The van der Waals surface area contributed by atoms with Gasteiger partial charge >= 0.3 is 0 Å². The van der Waals surface area contributed by atoms with E-state index < -0.39 is 0 Å². The Kier molecular flexibility index (Phi) is 7.31. The molecule has 5 heteroatoms. The van der Waals surface area contributed by atoms with Crippen molar-refractivity contribution in [3.63, 3.8) is 0 Å². The predicted octanol–water partition coefficient (Wildman–Crippen LogP) is 3.66. The van der Waals surface area contributed by atoms with Crippen molar-refractivity contribution in [1.82, 2.24) is 0 Å². The number of hydrogen-bond acceptors (Lipinski definition) is 3. The Morgan fingerprint density at radius 1 is 0.964 bits per heavy atom. The molecule has 0 aromatic heterocycles. The molecule has 0 heterocycles. The standard InChI is InChI=1S/C23H30N2O3/c1-3-27-20-13-15-22(16-14-20)28-21-11-9-18(10-12-21)24-23(26)17-25(2)19-7-5-4-6-8-19/h9-16,19H,3-8,17H2,1-2H3,(H,24,26)/p+1. The zero-order chi connectivity index (χ0) is 19.8. The van der Waals surface area contributed by atoms with Crippen molar-refractivity contribution < 1.29 is 19.2 Å². The lowest BCUT2D eigenvalue weighted by atomic mass is 9.94. The Morgan fingerprint density at radius 2 is 1.54 bits per heavy atom. The molecule has 28 heavy (non-hydrogen) atoms. The SMILES string of the molecule is CCOc1ccc(Oc2ccc(NC(=O)C[NH+](C)C3CCCCC3)cc2)cc1. The Bertz CT molecular complexity index is 737. The summed E-state index contributed by atoms with van der Waals surface area (Å²) < 4.78 is 11.3. The molecule has 0 saturated heterocycles. The number of ether oxygens (including phenoxy) is 2. The summed E-state index contributed by atoms with van der Waals surface area (Å²) in [5.74, 6) is 2.36. The molecule has 5 nitrogen and oxygen atoms in total. The van der Waals surface area contributed by atoms with Crippen LogP contribution in [0.1, 0.15) is 39.0 Å². The Labute approximate surface area is 167 Å². The summed E-state index contributed by atoms with van der Waals surface area (Å²) in [6, 6.07) is 15.6. The maximum Gasteiger partial charge on any atom is 0.279 e. The van der Waals surface area contributed by atoms with Crippen molar-refractivity contribution in [1.29, 1.82) is 0 Å². The smallest absolute Gasteiger partial charge is 0.279 e. The van der Waals surface area contributed by atoms with Gasteiger partial charge in [-0.15, -0.1) is 0 Å². The Hall–Kier alpha value is -2.53. The van der Waals surface area contributed by atoms with Crippen LogP contribution in [0.2, 0.25) is 0 Å². The normalized spacial score (nSPS) is 15.6. The van der Waals surface area contributed by atoms with Gasteiger partial charge in [0.2, 0.25) is 0 Å². The van der Waals surface area contributed by atoms with Gasteiger partial charge in [0, 0.05) is 5.69 Å². The van der Waals surface area contributed by atoms with Gasteiger partial charge in [-0.1, -0.05) is 6.42 Å². The first kappa shape index (κ1) is 20.2. The number of likely N-dealkylation sites (N-methyl/N-ethyl adjacent to an activating group) is 1. The van der Waals surface area contributed by atoms with E-state index >= 15 is 0 Å². The first-order chi connectivity index (χ1) is 13.6. The minimum absolute atomic E-state index is 0.0586. The number of nitrogens with one attached hydrogen (secondary N) is 2. The van der Waals surface area contributed by atoms with Crippen LogP contribution in [0, 0.1) is 0 Å². The predicted molar refractivity (Wildman–Crippen MR) is 111 cm³/mol. The third-order valence-electron chi connectivity index (χ3n) is 5.25. The summed E-state index contributed by atoms with van der Waals surface area (Å²) in [6.07, 6.45) is 6.38. The van der Waals surface area contributed by atoms with Crippen LogP contribution in [0.4, 0.5) is 5.69 Å². The Morgan fingerprint density at radius 3 is 2.14 bits per heavy atom. The van der Waals surface area contributed by atoms with Crippen LogP contribution in [0.5, 0.6) is 17.2 Å². The van der Waals surface area contributed by atoms with Crippen LogP contribution >= 0.6 is 0 Å². The zero-order valence-electron chi connectivity index (χ0n) is 16.9. The molecule has 2 aromatic carbocycles. The number of quaternary nitrogens is 1. The summed E-state index contributed by atoms with van der Waals surface area (Å²) in [7, 11) is 2.13. The molecule has 0 bridgehead atoms. The quantitative estimate of drug-likeness (QED) is 0.731. The topological polar surface area (TPSA) is 52.0 Å². The van der Waals surface area contributed by atoms with E-state index in [-0.39, 0.29) is 5.91 Å². The number of amides is 1. The van der Waals surface area contributed by atoms with Crippen molar-refractivity contribution in [3.05, 3.63) is 48.5 Å². The summed E-state index contributed by atoms with van der Waals surface area (Å²) >= 11 is 0. The molecule has 1 aliphatic rings. The molecule has 0 radical (unpaired) electrons. The van der Waals surface area contributed by atoms with Crippen LogP contribution in [-0.4, -0.2) is 32.1 Å². The minimum Gasteiger partial charge on any atom is -0.494 e. The average Bonchev–Trinajstić information content (AvgIpc) is 2.72. The molecule has 2 N–H and O–H groups in total. The van der Waals surface area contributed by atoms with Gasteiger partial charge in [0.15, 0.2) is 6.54 Å². The lowest BCUT2D eigenvalue weighted by Crippen LogP contribution is -3.14. The molecular formula is C23H31N2O3+. The van der Waals surface area contributed by atoms with Crippen molar-refractivity contribution >= 4 is 11.6 Å². The molecule has 2 aromatic rings. The molecule has 0 aliphatic heterocycles. The van der Waals surface area contributed by atoms with Crippen LogP contribution in [-0.2, 0) is 4.79 Å². The number of rotatable bonds is 8. The van der Waals surface area contributed by atoms with Gasteiger partial charge in [-0.05, 0) is 81.1 Å². The molecule has 1 saturated carbocycles. The highest BCUT2D eigenvalue weighted by Gasteiger charge is 2.23. The van der Waals surface area contributed by atoms with Gasteiger partial charge in [-0.25, -0.2) is 0 Å². The van der Waals surface area contributed by atoms with E-state index in [2.05, 4.69) is 12.4 Å². The molecule has 1 amide bonds. The van der Waals surface area contributed by atoms with Crippen molar-refractivity contribution in [2.24, 2.45) is 0 Å². The van der Waals surface area contributed by atoms with E-state index in [1.165, 1.54) is 37.0 Å². The van der Waals surface area contributed by atoms with Gasteiger partial charge in [0.1, 0.15) is 17.2 Å². The highest BCUT2D eigenvalue weighted by atomic mass is 16.5. The third-order valence-corrected chi connectivity index (χ3v) is 5.25. The maximum atomic E-state index is 12.4. The van der Waals surface area contributed by atoms with Gasteiger partial charge in [-0.2, -0.15) is 0 Å². The van der Waals surface area contributed by atoms with Crippen LogP contribution in [0.15, 0.2) is 48.5 Å². The molecule has 1 unspecified atom stereocenters. The van der Waals surface area contributed by atoms with Gasteiger partial charge < -0.3 is 19.7 Å². The lowest BCUT2D eigenvalue weighted by molar-refractivity contribution is -0.899. The fourth-order valence-corrected chi connectivity index (χ4v) is 3.71. The van der Waals surface area contributed by atoms with E-state index in [0.29, 0.717) is 19.2 Å². The molecule has 0 spiro atoms. The average molecular weight is 384 g/mol. The monoisotopic (exact) mass is 383 g/mol. The van der Waals surface area contributed by atoms with E-state index in [1.54, 1.807) is 0 Å². The van der Waals surface area contributed by atoms with E-state index in [1.807, 2.05) is 55.5 Å². The zero-order valence-corrected chi connectivity index (χ0v) is 16.9. The lowest BCUT2D eigenvalue weighted by Gasteiger charge is -2.27. The van der Waals surface area contributed by atoms with E-state index in [4.69, 9.17) is 9.47 Å². The van der Waals surface area contributed by atoms with Crippen molar-refractivity contribution in [2.75, 3.05) is 25.5 Å². The molecule has 1 atom stereocenters. The van der Waals surface area contributed by atoms with Crippen molar-refractivity contribution in [3.8, 4) is 17.2 Å². The maximum absolute atomic E-state index is 12.4. The molecular weight excluding hydrogens is 352 g/mol. The molecule has 150 valence electrons. The van der Waals surface area contributed by atoms with Crippen LogP contribution in [0.25, 0.3) is 0 Å². The van der Waals surface area contributed by atoms with E-state index in [0.717, 1.165) is 22.9 Å². The second-order valence-electron chi connectivity index (χ2n) is 7.44. The first-order valence-electron chi connectivity index (χ1n) is 10.3. The number of anilines is 1. The third kappa shape index (κ3) is 5.99. The van der Waals surface area contributed by atoms with Gasteiger partial charge in [0.05, 0.1) is 19.7 Å². The highest BCUT2D eigenvalue weighted by Crippen LogP contribution is 2.25. The number of carbonyl (C=O) groups excluding carboxylic acids is 1. The molecule has 1 aliphatic carbocycles. The first-order valence-corrected chi connectivity index (χ1v) is 10.3. The second-order valence-corrected chi connectivity index (χ2v) is 7.44. The number of hydrogen-bond donors (Lipinski definition) is 2. The minimum atomic E-state index is 0.0586. The fraction of sp³-hybridized carbons (Fsp3) is 0.435. The van der Waals surface area contributed by atoms with Crippen LogP contribution in [0.3, 0.4) is 0 Å². The van der Waals surface area contributed by atoms with Gasteiger partial charge in [-0.3, -0.25) is 4.79 Å². The molecule has 3 rings (SSSR count). The largest absolute Gasteiger partial charge is 0.494 e. The van der Waals surface area contributed by atoms with E-state index in [9.17, 15) is 4.79 Å². The fourth-order valence-electron chi connectivity index (χ4n) is 3.71. The highest BCUT2D eigenvalue weighted by molar-refractivity contribution is 5.91. The van der Waals surface area contributed by atoms with Gasteiger partial charge in [0.25, 0.3) is 5.91 Å². The summed E-state index contributed by atoms with van der Waals surface area (Å²) in [5.41, 5.74) is 0.792. The second kappa shape index (κ2) is 10.1. The number of benzene rings is 2. The Balaban J connectivity index is 1.48. The summed E-state index contributed by atoms with van der Waals surface area (Å²) in [4.78, 5) is 13.7. The summed E-state index contributed by atoms with van der Waals surface area (Å²) in [6.45, 7) is 3.11. The van der Waals surface area contributed by atoms with Crippen LogP contribution < -0.4 is 19.7 Å². The molecule has 1 fully saturated rings. The van der Waals surface area contributed by atoms with Crippen molar-refractivity contribution in [2.45, 2.75) is 45.1 Å². The number of carbonyl (C=O) groups is 1. The summed E-state index contributed by atoms with van der Waals surface area (Å²) in [5, 5.41) is 2.99.